The van der Waals surface area contributed by atoms with Crippen molar-refractivity contribution in [2.75, 3.05) is 20.3 Å². The van der Waals surface area contributed by atoms with Crippen molar-refractivity contribution < 1.29 is 14.3 Å². The molecule has 1 amide bonds. The predicted molar refractivity (Wildman–Crippen MR) is 108 cm³/mol. The number of aromatic nitrogens is 1. The summed E-state index contributed by atoms with van der Waals surface area (Å²) >= 11 is 1.53. The van der Waals surface area contributed by atoms with E-state index in [-0.39, 0.29) is 12.3 Å². The van der Waals surface area contributed by atoms with E-state index in [4.69, 9.17) is 9.47 Å². The van der Waals surface area contributed by atoms with E-state index in [9.17, 15) is 4.79 Å². The number of hydrogen-bond donors (Lipinski definition) is 0. The van der Waals surface area contributed by atoms with E-state index in [1.807, 2.05) is 56.3 Å². The lowest BCUT2D eigenvalue weighted by Crippen LogP contribution is -2.20. The topological polar surface area (TPSA) is 52.8 Å². The van der Waals surface area contributed by atoms with Gasteiger partial charge in [0.15, 0.2) is 4.80 Å². The van der Waals surface area contributed by atoms with Gasteiger partial charge in [0.2, 0.25) is 0 Å². The van der Waals surface area contributed by atoms with Crippen LogP contribution in [0.5, 0.6) is 5.75 Å². The van der Waals surface area contributed by atoms with E-state index >= 15 is 0 Å². The molecule has 0 fully saturated rings. The van der Waals surface area contributed by atoms with E-state index in [1.165, 1.54) is 11.3 Å². The molecule has 27 heavy (non-hydrogen) atoms. The standard InChI is InChI=1S/C21H24N2O3S/c1-4-26-12-11-23-17-7-5-6-8-19(17)27-21(23)22-20(24)14-16-9-10-18(25-3)15(2)13-16/h5-10,13H,4,11-12,14H2,1-3H3. The number of ether oxygens (including phenoxy) is 2. The fourth-order valence-corrected chi connectivity index (χ4v) is 4.07. The molecule has 3 rings (SSSR count). The third-order valence-electron chi connectivity index (χ3n) is 4.29. The number of nitrogens with zero attached hydrogens (tertiary/aromatic N) is 2. The average molecular weight is 385 g/mol. The number of fused-ring (bicyclic) bond motifs is 1. The maximum atomic E-state index is 12.6. The predicted octanol–water partition coefficient (Wildman–Crippen LogP) is 3.73. The van der Waals surface area contributed by atoms with E-state index in [0.29, 0.717) is 24.6 Å². The number of rotatable bonds is 7. The number of para-hydroxylation sites is 1. The smallest absolute Gasteiger partial charge is 0.252 e. The first-order valence-electron chi connectivity index (χ1n) is 8.99. The van der Waals surface area contributed by atoms with Gasteiger partial charge in [0.1, 0.15) is 5.75 Å². The Balaban J connectivity index is 1.88. The highest BCUT2D eigenvalue weighted by atomic mass is 32.1. The Morgan fingerprint density at radius 2 is 2.04 bits per heavy atom. The summed E-state index contributed by atoms with van der Waals surface area (Å²) in [5, 5.41) is 0. The lowest BCUT2D eigenvalue weighted by Gasteiger charge is -2.06. The summed E-state index contributed by atoms with van der Waals surface area (Å²) in [5.74, 6) is 0.665. The van der Waals surface area contributed by atoms with Crippen molar-refractivity contribution in [3.8, 4) is 5.75 Å². The van der Waals surface area contributed by atoms with Gasteiger partial charge < -0.3 is 14.0 Å². The number of carbonyl (C=O) groups is 1. The summed E-state index contributed by atoms with van der Waals surface area (Å²) in [6, 6.07) is 13.9. The summed E-state index contributed by atoms with van der Waals surface area (Å²) in [6.07, 6.45) is 0.268. The van der Waals surface area contributed by atoms with Gasteiger partial charge in [-0.3, -0.25) is 4.79 Å². The molecule has 0 N–H and O–H groups in total. The second kappa shape index (κ2) is 8.97. The second-order valence-corrected chi connectivity index (χ2v) is 7.20. The maximum Gasteiger partial charge on any atom is 0.252 e. The van der Waals surface area contributed by atoms with Gasteiger partial charge in [0.05, 0.1) is 30.4 Å². The van der Waals surface area contributed by atoms with Gasteiger partial charge in [-0.15, -0.1) is 0 Å². The van der Waals surface area contributed by atoms with Gasteiger partial charge in [-0.25, -0.2) is 0 Å². The number of amides is 1. The minimum absolute atomic E-state index is 0.156. The van der Waals surface area contributed by atoms with Crippen LogP contribution in [0.25, 0.3) is 10.2 Å². The number of carbonyl (C=O) groups excluding carboxylic acids is 1. The highest BCUT2D eigenvalue weighted by molar-refractivity contribution is 7.16. The molecule has 2 aromatic carbocycles. The molecule has 0 radical (unpaired) electrons. The summed E-state index contributed by atoms with van der Waals surface area (Å²) in [7, 11) is 1.64. The van der Waals surface area contributed by atoms with E-state index in [0.717, 1.165) is 27.1 Å². The molecule has 5 nitrogen and oxygen atoms in total. The van der Waals surface area contributed by atoms with Crippen LogP contribution < -0.4 is 9.54 Å². The minimum atomic E-state index is -0.156. The summed E-state index contributed by atoms with van der Waals surface area (Å²) in [5.41, 5.74) is 3.02. The first-order valence-corrected chi connectivity index (χ1v) is 9.81. The molecule has 0 spiro atoms. The molecule has 0 aliphatic carbocycles. The molecule has 0 unspecified atom stereocenters. The first kappa shape index (κ1) is 19.3. The number of thiazole rings is 1. The Kier molecular flexibility index (Phi) is 6.42. The molecule has 0 aliphatic heterocycles. The minimum Gasteiger partial charge on any atom is -0.496 e. The zero-order chi connectivity index (χ0) is 19.2. The number of aryl methyl sites for hydroxylation is 1. The fraction of sp³-hybridized carbons (Fsp3) is 0.333. The quantitative estimate of drug-likeness (QED) is 0.583. The molecule has 0 saturated heterocycles. The van der Waals surface area contributed by atoms with Crippen molar-refractivity contribution in [1.82, 2.24) is 4.57 Å². The van der Waals surface area contributed by atoms with Crippen molar-refractivity contribution in [1.29, 1.82) is 0 Å². The van der Waals surface area contributed by atoms with Crippen molar-refractivity contribution in [3.05, 3.63) is 58.4 Å². The largest absolute Gasteiger partial charge is 0.496 e. The van der Waals surface area contributed by atoms with Crippen molar-refractivity contribution >= 4 is 27.5 Å². The molecule has 3 aromatic rings. The van der Waals surface area contributed by atoms with E-state index in [1.54, 1.807) is 7.11 Å². The van der Waals surface area contributed by atoms with Gasteiger partial charge in [0, 0.05) is 13.2 Å². The third kappa shape index (κ3) is 4.64. The lowest BCUT2D eigenvalue weighted by molar-refractivity contribution is -0.117. The highest BCUT2D eigenvalue weighted by Gasteiger charge is 2.09. The van der Waals surface area contributed by atoms with Crippen molar-refractivity contribution in [2.24, 2.45) is 4.99 Å². The van der Waals surface area contributed by atoms with Crippen LogP contribution in [0.4, 0.5) is 0 Å². The van der Waals surface area contributed by atoms with Crippen molar-refractivity contribution in [2.45, 2.75) is 26.8 Å². The molecule has 142 valence electrons. The van der Waals surface area contributed by atoms with Crippen LogP contribution in [-0.4, -0.2) is 30.8 Å². The molecule has 0 aliphatic rings. The monoisotopic (exact) mass is 384 g/mol. The Morgan fingerprint density at radius 1 is 1.22 bits per heavy atom. The lowest BCUT2D eigenvalue weighted by atomic mass is 10.1. The van der Waals surface area contributed by atoms with E-state index < -0.39 is 0 Å². The van der Waals surface area contributed by atoms with Crippen molar-refractivity contribution in [3.63, 3.8) is 0 Å². The normalized spacial score (nSPS) is 11.9. The van der Waals surface area contributed by atoms with Crippen LogP contribution in [0.15, 0.2) is 47.5 Å². The first-order chi connectivity index (χ1) is 13.1. The zero-order valence-electron chi connectivity index (χ0n) is 15.9. The van der Waals surface area contributed by atoms with Crippen LogP contribution in [-0.2, 0) is 22.5 Å². The van der Waals surface area contributed by atoms with Crippen LogP contribution in [0, 0.1) is 6.92 Å². The summed E-state index contributed by atoms with van der Waals surface area (Å²) < 4.78 is 13.9. The fourth-order valence-electron chi connectivity index (χ4n) is 2.99. The zero-order valence-corrected chi connectivity index (χ0v) is 16.7. The number of hydrogen-bond acceptors (Lipinski definition) is 4. The van der Waals surface area contributed by atoms with Gasteiger partial charge in [-0.2, -0.15) is 4.99 Å². The molecule has 0 atom stereocenters. The molecule has 0 bridgehead atoms. The molecule has 1 aromatic heterocycles. The molecule has 6 heteroatoms. The van der Waals surface area contributed by atoms with Gasteiger partial charge >= 0.3 is 0 Å². The van der Waals surface area contributed by atoms with Crippen LogP contribution in [0.3, 0.4) is 0 Å². The van der Waals surface area contributed by atoms with Crippen LogP contribution in [0.1, 0.15) is 18.1 Å². The Labute approximate surface area is 162 Å². The molecular weight excluding hydrogens is 360 g/mol. The maximum absolute atomic E-state index is 12.6. The molecular formula is C21H24N2O3S. The van der Waals surface area contributed by atoms with Gasteiger partial charge in [0.25, 0.3) is 5.91 Å². The highest BCUT2D eigenvalue weighted by Crippen LogP contribution is 2.19. The average Bonchev–Trinajstić information content (AvgIpc) is 2.99. The van der Waals surface area contributed by atoms with Gasteiger partial charge in [-0.1, -0.05) is 35.6 Å². The Hall–Kier alpha value is -2.44. The van der Waals surface area contributed by atoms with Crippen LogP contribution in [0.2, 0.25) is 0 Å². The molecule has 0 saturated carbocycles. The summed E-state index contributed by atoms with van der Waals surface area (Å²) in [4.78, 5) is 17.7. The summed E-state index contributed by atoms with van der Waals surface area (Å²) in [6.45, 7) is 5.88. The molecule has 1 heterocycles. The van der Waals surface area contributed by atoms with E-state index in [2.05, 4.69) is 9.56 Å². The third-order valence-corrected chi connectivity index (χ3v) is 5.35. The number of benzene rings is 2. The Morgan fingerprint density at radius 3 is 2.78 bits per heavy atom. The van der Waals surface area contributed by atoms with Gasteiger partial charge in [-0.05, 0) is 43.2 Å². The second-order valence-electron chi connectivity index (χ2n) is 6.19. The Bertz CT molecular complexity index is 1000. The SMILES string of the molecule is CCOCCn1c(=NC(=O)Cc2ccc(OC)c(C)c2)sc2ccccc21. The van der Waals surface area contributed by atoms with Crippen LogP contribution >= 0.6 is 11.3 Å². The number of methoxy groups -OCH3 is 1.